The van der Waals surface area contributed by atoms with Gasteiger partial charge in [0.15, 0.2) is 0 Å². The van der Waals surface area contributed by atoms with Gasteiger partial charge in [-0.05, 0) is 48.4 Å². The Morgan fingerprint density at radius 1 is 0.857 bits per heavy atom. The van der Waals surface area contributed by atoms with E-state index in [1.165, 1.54) is 18.2 Å². The van der Waals surface area contributed by atoms with Crippen LogP contribution in [0.15, 0.2) is 42.5 Å². The fraction of sp³-hybridized carbons (Fsp3) is 0.250. The number of aromatic hydroxyl groups is 3. The van der Waals surface area contributed by atoms with Crippen molar-refractivity contribution >= 4 is 0 Å². The maximum absolute atomic E-state index is 9.99. The Morgan fingerprint density at radius 3 is 2.10 bits per heavy atom. The number of phenolic OH excluding ortho intramolecular Hbond substituents is 3. The first-order chi connectivity index (χ1) is 10.0. The Labute approximate surface area is 123 Å². The lowest BCUT2D eigenvalue weighted by Gasteiger charge is -2.13. The first-order valence-corrected chi connectivity index (χ1v) is 6.74. The molecular weight excluding hydrogens is 270 g/mol. The average molecular weight is 289 g/mol. The lowest BCUT2D eigenvalue weighted by atomic mass is 10.1. The highest BCUT2D eigenvalue weighted by Gasteiger charge is 2.09. The van der Waals surface area contributed by atoms with Gasteiger partial charge in [-0.1, -0.05) is 12.1 Å². The molecule has 0 radical (unpaired) electrons. The molecule has 0 aromatic heterocycles. The Bertz CT molecular complexity index is 563. The SMILES string of the molecule is Oc1ccc(CCNCC(O)c2cc(O)cc(O)c2)cc1. The minimum absolute atomic E-state index is 0.0758. The second kappa shape index (κ2) is 6.97. The van der Waals surface area contributed by atoms with Gasteiger partial charge in [0.2, 0.25) is 0 Å². The molecule has 1 unspecified atom stereocenters. The van der Waals surface area contributed by atoms with Crippen LogP contribution in [0, 0.1) is 0 Å². The highest BCUT2D eigenvalue weighted by molar-refractivity contribution is 5.37. The summed E-state index contributed by atoms with van der Waals surface area (Å²) in [5.74, 6) is 0.0899. The molecule has 0 saturated carbocycles. The lowest BCUT2D eigenvalue weighted by Crippen LogP contribution is -2.23. The Balaban J connectivity index is 1.78. The molecule has 21 heavy (non-hydrogen) atoms. The third-order valence-corrected chi connectivity index (χ3v) is 3.17. The van der Waals surface area contributed by atoms with Crippen molar-refractivity contribution < 1.29 is 20.4 Å². The Kier molecular flexibility index (Phi) is 5.03. The molecule has 5 nitrogen and oxygen atoms in total. The molecule has 0 heterocycles. The van der Waals surface area contributed by atoms with Gasteiger partial charge in [0.1, 0.15) is 17.2 Å². The molecule has 0 fully saturated rings. The number of aliphatic hydroxyl groups excluding tert-OH is 1. The van der Waals surface area contributed by atoms with E-state index in [9.17, 15) is 20.4 Å². The smallest absolute Gasteiger partial charge is 0.119 e. The summed E-state index contributed by atoms with van der Waals surface area (Å²) in [4.78, 5) is 0. The molecule has 0 bridgehead atoms. The molecule has 2 aromatic rings. The summed E-state index contributed by atoms with van der Waals surface area (Å²) in [7, 11) is 0. The van der Waals surface area contributed by atoms with Crippen molar-refractivity contribution in [1.29, 1.82) is 0 Å². The summed E-state index contributed by atoms with van der Waals surface area (Å²) >= 11 is 0. The number of benzene rings is 2. The number of nitrogens with one attached hydrogen (secondary N) is 1. The van der Waals surface area contributed by atoms with Gasteiger partial charge in [-0.2, -0.15) is 0 Å². The van der Waals surface area contributed by atoms with Crippen LogP contribution < -0.4 is 5.32 Å². The van der Waals surface area contributed by atoms with Crippen molar-refractivity contribution in [2.75, 3.05) is 13.1 Å². The van der Waals surface area contributed by atoms with Crippen molar-refractivity contribution in [3.8, 4) is 17.2 Å². The van der Waals surface area contributed by atoms with Crippen LogP contribution in [-0.4, -0.2) is 33.5 Å². The van der Waals surface area contributed by atoms with Crippen molar-refractivity contribution in [2.24, 2.45) is 0 Å². The summed E-state index contributed by atoms with van der Waals surface area (Å²) in [6.45, 7) is 0.994. The van der Waals surface area contributed by atoms with Crippen molar-refractivity contribution in [3.05, 3.63) is 53.6 Å². The molecule has 2 aromatic carbocycles. The summed E-state index contributed by atoms with van der Waals surface area (Å²) in [5, 5.41) is 41.0. The average Bonchev–Trinajstić information content (AvgIpc) is 2.44. The molecule has 112 valence electrons. The first-order valence-electron chi connectivity index (χ1n) is 6.74. The summed E-state index contributed by atoms with van der Waals surface area (Å²) < 4.78 is 0. The number of aliphatic hydroxyl groups is 1. The number of hydrogen-bond donors (Lipinski definition) is 5. The lowest BCUT2D eigenvalue weighted by molar-refractivity contribution is 0.174. The van der Waals surface area contributed by atoms with Crippen LogP contribution in [0.1, 0.15) is 17.2 Å². The van der Waals surface area contributed by atoms with E-state index in [1.807, 2.05) is 12.1 Å². The molecular formula is C16H19NO4. The maximum Gasteiger partial charge on any atom is 0.119 e. The molecule has 5 heteroatoms. The van der Waals surface area contributed by atoms with E-state index in [2.05, 4.69) is 5.32 Å². The molecule has 5 N–H and O–H groups in total. The highest BCUT2D eigenvalue weighted by Crippen LogP contribution is 2.24. The number of rotatable bonds is 6. The van der Waals surface area contributed by atoms with Crippen LogP contribution in [0.25, 0.3) is 0 Å². The van der Waals surface area contributed by atoms with E-state index in [0.717, 1.165) is 12.0 Å². The zero-order valence-corrected chi connectivity index (χ0v) is 11.5. The van der Waals surface area contributed by atoms with Gasteiger partial charge in [-0.15, -0.1) is 0 Å². The molecule has 1 atom stereocenters. The number of phenols is 3. The van der Waals surface area contributed by atoms with Crippen LogP contribution in [0.2, 0.25) is 0 Å². The molecule has 0 aliphatic carbocycles. The second-order valence-electron chi connectivity index (χ2n) is 4.92. The van der Waals surface area contributed by atoms with Crippen LogP contribution >= 0.6 is 0 Å². The van der Waals surface area contributed by atoms with E-state index < -0.39 is 6.10 Å². The Morgan fingerprint density at radius 2 is 1.48 bits per heavy atom. The fourth-order valence-electron chi connectivity index (χ4n) is 2.06. The predicted molar refractivity (Wildman–Crippen MR) is 79.4 cm³/mol. The largest absolute Gasteiger partial charge is 0.508 e. The van der Waals surface area contributed by atoms with E-state index >= 15 is 0 Å². The zero-order chi connectivity index (χ0) is 15.2. The van der Waals surface area contributed by atoms with E-state index in [-0.39, 0.29) is 17.2 Å². The van der Waals surface area contributed by atoms with Crippen LogP contribution in [0.5, 0.6) is 17.2 Å². The molecule has 0 spiro atoms. The van der Waals surface area contributed by atoms with Crippen LogP contribution in [0.3, 0.4) is 0 Å². The van der Waals surface area contributed by atoms with Gasteiger partial charge >= 0.3 is 0 Å². The normalized spacial score (nSPS) is 12.2. The molecule has 0 aliphatic heterocycles. The van der Waals surface area contributed by atoms with Crippen molar-refractivity contribution in [1.82, 2.24) is 5.32 Å². The van der Waals surface area contributed by atoms with Gasteiger partial charge in [0, 0.05) is 12.6 Å². The fourth-order valence-corrected chi connectivity index (χ4v) is 2.06. The minimum Gasteiger partial charge on any atom is -0.508 e. The zero-order valence-electron chi connectivity index (χ0n) is 11.5. The summed E-state index contributed by atoms with van der Waals surface area (Å²) in [6.07, 6.45) is -0.0269. The molecule has 0 saturated heterocycles. The monoisotopic (exact) mass is 289 g/mol. The highest BCUT2D eigenvalue weighted by atomic mass is 16.3. The predicted octanol–water partition coefficient (Wildman–Crippen LogP) is 1.67. The quantitative estimate of drug-likeness (QED) is 0.522. The first kappa shape index (κ1) is 15.2. The van der Waals surface area contributed by atoms with E-state index in [1.54, 1.807) is 12.1 Å². The van der Waals surface area contributed by atoms with Crippen molar-refractivity contribution in [2.45, 2.75) is 12.5 Å². The van der Waals surface area contributed by atoms with Gasteiger partial charge < -0.3 is 25.7 Å². The van der Waals surface area contributed by atoms with Gasteiger partial charge in [-0.25, -0.2) is 0 Å². The van der Waals surface area contributed by atoms with Crippen molar-refractivity contribution in [3.63, 3.8) is 0 Å². The van der Waals surface area contributed by atoms with Crippen LogP contribution in [-0.2, 0) is 6.42 Å². The molecule has 0 amide bonds. The van der Waals surface area contributed by atoms with Gasteiger partial charge in [0.05, 0.1) is 6.10 Å². The standard InChI is InChI=1S/C16H19NO4/c18-13-3-1-11(2-4-13)5-6-17-10-16(21)12-7-14(19)9-15(20)8-12/h1-4,7-9,16-21H,5-6,10H2. The van der Waals surface area contributed by atoms with Gasteiger partial charge in [0.25, 0.3) is 0 Å². The molecule has 0 aliphatic rings. The Hall–Kier alpha value is -2.24. The third kappa shape index (κ3) is 4.66. The molecule has 2 rings (SSSR count). The van der Waals surface area contributed by atoms with E-state index in [0.29, 0.717) is 18.7 Å². The summed E-state index contributed by atoms with van der Waals surface area (Å²) in [6, 6.07) is 11.0. The topological polar surface area (TPSA) is 93.0 Å². The summed E-state index contributed by atoms with van der Waals surface area (Å²) in [5.41, 5.74) is 1.55. The third-order valence-electron chi connectivity index (χ3n) is 3.17. The van der Waals surface area contributed by atoms with E-state index in [4.69, 9.17) is 0 Å². The second-order valence-corrected chi connectivity index (χ2v) is 4.92. The number of hydrogen-bond acceptors (Lipinski definition) is 5. The maximum atomic E-state index is 9.99. The van der Waals surface area contributed by atoms with Gasteiger partial charge in [-0.3, -0.25) is 0 Å². The minimum atomic E-state index is -0.803. The van der Waals surface area contributed by atoms with Crippen LogP contribution in [0.4, 0.5) is 0 Å².